The molecule has 7 atom stereocenters. The normalized spacial score (nSPS) is 46.7. The van der Waals surface area contributed by atoms with Crippen molar-refractivity contribution in [2.75, 3.05) is 0 Å². The summed E-state index contributed by atoms with van der Waals surface area (Å²) in [4.78, 5) is 0. The topological polar surface area (TPSA) is 80.9 Å². The van der Waals surface area contributed by atoms with E-state index in [1.54, 1.807) is 6.07 Å². The van der Waals surface area contributed by atoms with Crippen molar-refractivity contribution in [2.45, 2.75) is 56.8 Å². The molecule has 0 heterocycles. The van der Waals surface area contributed by atoms with E-state index < -0.39 is 23.7 Å². The maximum Gasteiger partial charge on any atom is 0.115 e. The predicted molar refractivity (Wildman–Crippen MR) is 81.5 cm³/mol. The van der Waals surface area contributed by atoms with Gasteiger partial charge >= 0.3 is 0 Å². The van der Waals surface area contributed by atoms with Crippen LogP contribution < -0.4 is 0 Å². The van der Waals surface area contributed by atoms with Crippen molar-refractivity contribution in [2.24, 2.45) is 17.3 Å². The van der Waals surface area contributed by atoms with Crippen LogP contribution in [-0.2, 0) is 6.42 Å². The molecule has 0 aromatic heterocycles. The first-order chi connectivity index (χ1) is 10.4. The summed E-state index contributed by atoms with van der Waals surface area (Å²) in [5.74, 6) is 0.898. The number of fused-ring (bicyclic) bond motifs is 5. The molecular weight excluding hydrogens is 280 g/mol. The summed E-state index contributed by atoms with van der Waals surface area (Å²) in [6.45, 7) is 2.02. The Morgan fingerprint density at radius 2 is 1.86 bits per heavy atom. The number of phenolic OH excluding ortho intramolecular Hbond substituents is 1. The highest BCUT2D eigenvalue weighted by Crippen LogP contribution is 2.60. The van der Waals surface area contributed by atoms with Gasteiger partial charge in [0.1, 0.15) is 11.9 Å². The molecule has 3 aliphatic carbocycles. The third-order valence-electron chi connectivity index (χ3n) is 6.72. The van der Waals surface area contributed by atoms with Gasteiger partial charge in [-0.3, -0.25) is 0 Å². The first-order valence-corrected chi connectivity index (χ1v) is 8.29. The Morgan fingerprint density at radius 3 is 2.64 bits per heavy atom. The van der Waals surface area contributed by atoms with E-state index in [0.717, 1.165) is 25.7 Å². The molecule has 2 fully saturated rings. The molecule has 0 spiro atoms. The lowest BCUT2D eigenvalue weighted by molar-refractivity contribution is -0.0505. The van der Waals surface area contributed by atoms with Gasteiger partial charge in [-0.1, -0.05) is 13.0 Å². The molecule has 1 aromatic carbocycles. The number of hydrogen-bond donors (Lipinski definition) is 4. The minimum atomic E-state index is -1.03. The summed E-state index contributed by atoms with van der Waals surface area (Å²) >= 11 is 0. The van der Waals surface area contributed by atoms with E-state index in [4.69, 9.17) is 0 Å². The number of aliphatic hydroxyl groups is 3. The van der Waals surface area contributed by atoms with Gasteiger partial charge in [0.2, 0.25) is 0 Å². The molecule has 3 aliphatic rings. The summed E-state index contributed by atoms with van der Waals surface area (Å²) in [6.07, 6.45) is 0.894. The maximum atomic E-state index is 10.5. The van der Waals surface area contributed by atoms with Crippen LogP contribution in [0, 0.1) is 17.3 Å². The molecule has 0 bridgehead atoms. The zero-order chi connectivity index (χ0) is 15.6. The fourth-order valence-corrected chi connectivity index (χ4v) is 5.62. The van der Waals surface area contributed by atoms with E-state index in [-0.39, 0.29) is 11.8 Å². The number of hydrogen-bond acceptors (Lipinski definition) is 4. The molecule has 2 saturated carbocycles. The lowest BCUT2D eigenvalue weighted by Crippen LogP contribution is -2.46. The minimum Gasteiger partial charge on any atom is -0.508 e. The van der Waals surface area contributed by atoms with Gasteiger partial charge in [0, 0.05) is 5.41 Å². The van der Waals surface area contributed by atoms with Crippen molar-refractivity contribution in [1.82, 2.24) is 0 Å². The average Bonchev–Trinajstić information content (AvgIpc) is 2.68. The van der Waals surface area contributed by atoms with Crippen LogP contribution in [-0.4, -0.2) is 38.7 Å². The van der Waals surface area contributed by atoms with E-state index in [0.29, 0.717) is 11.7 Å². The van der Waals surface area contributed by atoms with E-state index in [1.165, 1.54) is 11.1 Å². The number of phenols is 1. The number of benzene rings is 1. The number of rotatable bonds is 0. The Kier molecular flexibility index (Phi) is 3.09. The molecule has 4 nitrogen and oxygen atoms in total. The Hall–Kier alpha value is -1.10. The quantitative estimate of drug-likeness (QED) is 0.586. The van der Waals surface area contributed by atoms with Gasteiger partial charge in [0.15, 0.2) is 0 Å². The number of aromatic hydroxyl groups is 1. The summed E-state index contributed by atoms with van der Waals surface area (Å²) in [5.41, 5.74) is 2.09. The summed E-state index contributed by atoms with van der Waals surface area (Å²) < 4.78 is 0. The highest BCUT2D eigenvalue weighted by atomic mass is 16.4. The summed E-state index contributed by atoms with van der Waals surface area (Å²) in [5, 5.41) is 40.7. The van der Waals surface area contributed by atoms with Crippen molar-refractivity contribution in [3.05, 3.63) is 29.3 Å². The Bertz CT molecular complexity index is 601. The third-order valence-corrected chi connectivity index (χ3v) is 6.72. The van der Waals surface area contributed by atoms with Gasteiger partial charge in [0.05, 0.1) is 12.2 Å². The van der Waals surface area contributed by atoms with Crippen LogP contribution >= 0.6 is 0 Å². The van der Waals surface area contributed by atoms with Crippen molar-refractivity contribution >= 4 is 0 Å². The molecule has 0 aliphatic heterocycles. The van der Waals surface area contributed by atoms with E-state index in [9.17, 15) is 20.4 Å². The highest BCUT2D eigenvalue weighted by molar-refractivity contribution is 5.40. The highest BCUT2D eigenvalue weighted by Gasteiger charge is 2.62. The molecule has 0 radical (unpaired) electrons. The van der Waals surface area contributed by atoms with Crippen LogP contribution in [0.3, 0.4) is 0 Å². The zero-order valence-electron chi connectivity index (χ0n) is 12.8. The Balaban J connectivity index is 1.74. The van der Waals surface area contributed by atoms with Crippen molar-refractivity contribution < 1.29 is 20.4 Å². The molecular formula is C18H24O4. The lowest BCUT2D eigenvalue weighted by atomic mass is 9.55. The van der Waals surface area contributed by atoms with Crippen LogP contribution in [0.25, 0.3) is 0 Å². The van der Waals surface area contributed by atoms with Crippen LogP contribution in [0.4, 0.5) is 0 Å². The van der Waals surface area contributed by atoms with Crippen molar-refractivity contribution in [1.29, 1.82) is 0 Å². The van der Waals surface area contributed by atoms with E-state index in [2.05, 4.69) is 0 Å². The third kappa shape index (κ3) is 1.75. The zero-order valence-corrected chi connectivity index (χ0v) is 12.8. The first-order valence-electron chi connectivity index (χ1n) is 8.29. The first kappa shape index (κ1) is 14.5. The Morgan fingerprint density at radius 1 is 1.09 bits per heavy atom. The van der Waals surface area contributed by atoms with Crippen LogP contribution in [0.2, 0.25) is 0 Å². The molecule has 0 saturated heterocycles. The van der Waals surface area contributed by atoms with E-state index >= 15 is 0 Å². The molecule has 1 aromatic rings. The maximum absolute atomic E-state index is 10.5. The molecule has 0 amide bonds. The predicted octanol–water partition coefficient (Wildman–Crippen LogP) is 1.55. The van der Waals surface area contributed by atoms with Crippen LogP contribution in [0.1, 0.15) is 43.2 Å². The van der Waals surface area contributed by atoms with Gasteiger partial charge in [-0.05, 0) is 66.7 Å². The summed E-state index contributed by atoms with van der Waals surface area (Å²) in [6, 6.07) is 5.61. The smallest absolute Gasteiger partial charge is 0.115 e. The fourth-order valence-electron chi connectivity index (χ4n) is 5.62. The Labute approximate surface area is 130 Å². The number of aryl methyl sites for hydroxylation is 1. The molecule has 4 rings (SSSR count). The average molecular weight is 304 g/mol. The van der Waals surface area contributed by atoms with Crippen molar-refractivity contribution in [3.8, 4) is 5.75 Å². The molecule has 120 valence electrons. The van der Waals surface area contributed by atoms with Gasteiger partial charge in [-0.2, -0.15) is 0 Å². The fraction of sp³-hybridized carbons (Fsp3) is 0.667. The standard InChI is InChI=1S/C18H24O4/c1-18-7-6-12-11-5-3-10(19)8-9(11)2-4-13(12)14(18)15(20)16(21)17(18)22/h3,5,8,12-17,19-22H,2,4,6-7H2,1H3/t12-,13+,14-,15-,16+,17+,18-/m0/s1. The van der Waals surface area contributed by atoms with Gasteiger partial charge in [0.25, 0.3) is 0 Å². The van der Waals surface area contributed by atoms with Crippen LogP contribution in [0.5, 0.6) is 5.75 Å². The van der Waals surface area contributed by atoms with Crippen molar-refractivity contribution in [3.63, 3.8) is 0 Å². The van der Waals surface area contributed by atoms with Gasteiger partial charge in [-0.25, -0.2) is 0 Å². The summed E-state index contributed by atoms with van der Waals surface area (Å²) in [7, 11) is 0. The second-order valence-corrected chi connectivity index (χ2v) is 7.69. The van der Waals surface area contributed by atoms with E-state index in [1.807, 2.05) is 19.1 Å². The van der Waals surface area contributed by atoms with Crippen LogP contribution in [0.15, 0.2) is 18.2 Å². The van der Waals surface area contributed by atoms with Gasteiger partial charge < -0.3 is 20.4 Å². The SMILES string of the molecule is C[C@]12CC[C@H]3c4ccc(O)cc4CC[C@H]3[C@H]1[C@H](O)[C@@H](O)[C@H]2O. The lowest BCUT2D eigenvalue weighted by Gasteiger charge is -2.50. The molecule has 4 heteroatoms. The monoisotopic (exact) mass is 304 g/mol. The molecule has 0 unspecified atom stereocenters. The minimum absolute atomic E-state index is 0.0572. The largest absolute Gasteiger partial charge is 0.508 e. The molecule has 4 N–H and O–H groups in total. The second kappa shape index (κ2) is 4.70. The second-order valence-electron chi connectivity index (χ2n) is 7.69. The van der Waals surface area contributed by atoms with Gasteiger partial charge in [-0.15, -0.1) is 0 Å². The number of aliphatic hydroxyl groups excluding tert-OH is 3. The molecule has 22 heavy (non-hydrogen) atoms.